The summed E-state index contributed by atoms with van der Waals surface area (Å²) in [6.45, 7) is 1.98. The smallest absolute Gasteiger partial charge is 0.269 e. The summed E-state index contributed by atoms with van der Waals surface area (Å²) in [7, 11) is 0. The van der Waals surface area contributed by atoms with Gasteiger partial charge in [0, 0.05) is 18.2 Å². The number of thioether (sulfide) groups is 1. The van der Waals surface area contributed by atoms with Crippen LogP contribution in [0.15, 0.2) is 24.3 Å². The molecule has 0 saturated heterocycles. The van der Waals surface area contributed by atoms with Gasteiger partial charge in [0.25, 0.3) is 5.69 Å². The Balaban J connectivity index is 2.45. The third kappa shape index (κ3) is 5.74. The van der Waals surface area contributed by atoms with Crippen molar-refractivity contribution in [3.8, 4) is 0 Å². The van der Waals surface area contributed by atoms with Crippen LogP contribution in [-0.2, 0) is 11.2 Å². The van der Waals surface area contributed by atoms with Crippen molar-refractivity contribution < 1.29 is 9.72 Å². The van der Waals surface area contributed by atoms with Crippen LogP contribution in [0, 0.1) is 10.1 Å². The SMILES string of the molecule is CSCCC(C)NC(=O)Cc1ccc([N+](=O)[O-])cc1. The zero-order chi connectivity index (χ0) is 14.3. The van der Waals surface area contributed by atoms with Crippen molar-refractivity contribution in [3.63, 3.8) is 0 Å². The minimum atomic E-state index is -0.450. The van der Waals surface area contributed by atoms with Gasteiger partial charge in [0.05, 0.1) is 11.3 Å². The van der Waals surface area contributed by atoms with Crippen molar-refractivity contribution in [2.75, 3.05) is 12.0 Å². The molecule has 0 aliphatic carbocycles. The molecular weight excluding hydrogens is 264 g/mol. The van der Waals surface area contributed by atoms with Gasteiger partial charge in [0.1, 0.15) is 0 Å². The van der Waals surface area contributed by atoms with Crippen LogP contribution >= 0.6 is 11.8 Å². The first-order valence-corrected chi connectivity index (χ1v) is 7.44. The predicted octanol–water partition coefficient (Wildman–Crippen LogP) is 2.40. The summed E-state index contributed by atoms with van der Waals surface area (Å²) >= 11 is 1.75. The predicted molar refractivity (Wildman–Crippen MR) is 77.4 cm³/mol. The van der Waals surface area contributed by atoms with E-state index in [1.807, 2.05) is 13.2 Å². The Labute approximate surface area is 116 Å². The molecule has 1 N–H and O–H groups in total. The molecule has 1 amide bonds. The van der Waals surface area contributed by atoms with Gasteiger partial charge in [0.15, 0.2) is 0 Å². The number of benzene rings is 1. The van der Waals surface area contributed by atoms with Crippen LogP contribution < -0.4 is 5.32 Å². The van der Waals surface area contributed by atoms with Gasteiger partial charge in [-0.2, -0.15) is 11.8 Å². The first kappa shape index (κ1) is 15.5. The molecule has 1 unspecified atom stereocenters. The molecule has 0 heterocycles. The van der Waals surface area contributed by atoms with E-state index in [1.165, 1.54) is 12.1 Å². The quantitative estimate of drug-likeness (QED) is 0.615. The molecule has 19 heavy (non-hydrogen) atoms. The number of carbonyl (C=O) groups excluding carboxylic acids is 1. The molecule has 1 atom stereocenters. The van der Waals surface area contributed by atoms with Gasteiger partial charge in [-0.15, -0.1) is 0 Å². The topological polar surface area (TPSA) is 72.2 Å². The van der Waals surface area contributed by atoms with Gasteiger partial charge in [-0.25, -0.2) is 0 Å². The molecule has 1 aromatic rings. The van der Waals surface area contributed by atoms with Crippen LogP contribution in [0.2, 0.25) is 0 Å². The molecule has 0 aliphatic rings. The lowest BCUT2D eigenvalue weighted by molar-refractivity contribution is -0.384. The number of amides is 1. The number of nitro groups is 1. The highest BCUT2D eigenvalue weighted by Gasteiger charge is 2.09. The van der Waals surface area contributed by atoms with E-state index in [-0.39, 0.29) is 24.1 Å². The zero-order valence-electron chi connectivity index (χ0n) is 11.1. The summed E-state index contributed by atoms with van der Waals surface area (Å²) in [5.74, 6) is 0.960. The fourth-order valence-electron chi connectivity index (χ4n) is 1.61. The van der Waals surface area contributed by atoms with E-state index in [0.717, 1.165) is 17.7 Å². The number of nitrogens with one attached hydrogen (secondary N) is 1. The molecule has 0 aliphatic heterocycles. The Kier molecular flexibility index (Phi) is 6.35. The van der Waals surface area contributed by atoms with E-state index in [1.54, 1.807) is 23.9 Å². The summed E-state index contributed by atoms with van der Waals surface area (Å²) in [5, 5.41) is 13.4. The van der Waals surface area contributed by atoms with Gasteiger partial charge >= 0.3 is 0 Å². The average molecular weight is 282 g/mol. The third-order valence-corrected chi connectivity index (χ3v) is 3.32. The molecule has 0 bridgehead atoms. The lowest BCUT2D eigenvalue weighted by Crippen LogP contribution is -2.34. The molecular formula is C13H18N2O3S. The van der Waals surface area contributed by atoms with Gasteiger partial charge in [-0.1, -0.05) is 12.1 Å². The van der Waals surface area contributed by atoms with Crippen molar-refractivity contribution in [2.24, 2.45) is 0 Å². The Morgan fingerprint density at radius 2 is 2.05 bits per heavy atom. The summed E-state index contributed by atoms with van der Waals surface area (Å²) in [4.78, 5) is 21.8. The molecule has 0 aromatic heterocycles. The van der Waals surface area contributed by atoms with Crippen LogP contribution in [-0.4, -0.2) is 28.9 Å². The van der Waals surface area contributed by atoms with E-state index in [4.69, 9.17) is 0 Å². The van der Waals surface area contributed by atoms with Gasteiger partial charge < -0.3 is 5.32 Å². The van der Waals surface area contributed by atoms with Crippen molar-refractivity contribution in [1.82, 2.24) is 5.32 Å². The Bertz CT molecular complexity index is 434. The zero-order valence-corrected chi connectivity index (χ0v) is 11.9. The number of non-ortho nitro benzene ring substituents is 1. The van der Waals surface area contributed by atoms with Gasteiger partial charge in [-0.3, -0.25) is 14.9 Å². The van der Waals surface area contributed by atoms with Crippen LogP contribution in [0.5, 0.6) is 0 Å². The van der Waals surface area contributed by atoms with E-state index >= 15 is 0 Å². The second kappa shape index (κ2) is 7.78. The van der Waals surface area contributed by atoms with Crippen molar-refractivity contribution in [1.29, 1.82) is 0 Å². The van der Waals surface area contributed by atoms with Crippen molar-refractivity contribution >= 4 is 23.4 Å². The fourth-order valence-corrected chi connectivity index (χ4v) is 2.20. The highest BCUT2D eigenvalue weighted by atomic mass is 32.2. The number of hydrogen-bond acceptors (Lipinski definition) is 4. The fraction of sp³-hybridized carbons (Fsp3) is 0.462. The van der Waals surface area contributed by atoms with Crippen LogP contribution in [0.25, 0.3) is 0 Å². The maximum absolute atomic E-state index is 11.8. The summed E-state index contributed by atoms with van der Waals surface area (Å²) in [6, 6.07) is 6.21. The van der Waals surface area contributed by atoms with Gasteiger partial charge in [-0.05, 0) is 30.9 Å². The molecule has 0 radical (unpaired) electrons. The monoisotopic (exact) mass is 282 g/mol. The summed E-state index contributed by atoms with van der Waals surface area (Å²) in [6.07, 6.45) is 3.22. The number of carbonyl (C=O) groups is 1. The van der Waals surface area contributed by atoms with Crippen molar-refractivity contribution in [3.05, 3.63) is 39.9 Å². The molecule has 1 aromatic carbocycles. The van der Waals surface area contributed by atoms with Crippen LogP contribution in [0.3, 0.4) is 0 Å². The number of rotatable bonds is 7. The maximum Gasteiger partial charge on any atom is 0.269 e. The average Bonchev–Trinajstić information content (AvgIpc) is 2.36. The van der Waals surface area contributed by atoms with Gasteiger partial charge in [0.2, 0.25) is 5.91 Å². The molecule has 0 spiro atoms. The third-order valence-electron chi connectivity index (χ3n) is 2.67. The number of nitro benzene ring substituents is 1. The normalized spacial score (nSPS) is 11.9. The van der Waals surface area contributed by atoms with Crippen molar-refractivity contribution in [2.45, 2.75) is 25.8 Å². The van der Waals surface area contributed by atoms with E-state index < -0.39 is 4.92 Å². The highest BCUT2D eigenvalue weighted by Crippen LogP contribution is 2.12. The molecule has 104 valence electrons. The maximum atomic E-state index is 11.8. The molecule has 0 saturated carbocycles. The lowest BCUT2D eigenvalue weighted by Gasteiger charge is -2.13. The second-order valence-corrected chi connectivity index (χ2v) is 5.34. The molecule has 6 heteroatoms. The second-order valence-electron chi connectivity index (χ2n) is 4.35. The number of hydrogen-bond donors (Lipinski definition) is 1. The van der Waals surface area contributed by atoms with E-state index in [0.29, 0.717) is 0 Å². The van der Waals surface area contributed by atoms with Crippen LogP contribution in [0.1, 0.15) is 18.9 Å². The Hall–Kier alpha value is -1.56. The Morgan fingerprint density at radius 1 is 1.42 bits per heavy atom. The van der Waals surface area contributed by atoms with Crippen LogP contribution in [0.4, 0.5) is 5.69 Å². The minimum absolute atomic E-state index is 0.0393. The lowest BCUT2D eigenvalue weighted by atomic mass is 10.1. The molecule has 5 nitrogen and oxygen atoms in total. The largest absolute Gasteiger partial charge is 0.353 e. The first-order valence-electron chi connectivity index (χ1n) is 6.04. The van der Waals surface area contributed by atoms with E-state index in [9.17, 15) is 14.9 Å². The standard InChI is InChI=1S/C13H18N2O3S/c1-10(7-8-19-2)14-13(16)9-11-3-5-12(6-4-11)15(17)18/h3-6,10H,7-9H2,1-2H3,(H,14,16). The minimum Gasteiger partial charge on any atom is -0.353 e. The Morgan fingerprint density at radius 3 is 2.58 bits per heavy atom. The van der Waals surface area contributed by atoms with E-state index in [2.05, 4.69) is 5.32 Å². The summed E-state index contributed by atoms with van der Waals surface area (Å²) < 4.78 is 0. The highest BCUT2D eigenvalue weighted by molar-refractivity contribution is 7.98. The molecule has 0 fully saturated rings. The molecule has 1 rings (SSSR count). The number of nitrogens with zero attached hydrogens (tertiary/aromatic N) is 1. The summed E-state index contributed by atoms with van der Waals surface area (Å²) in [5.41, 5.74) is 0.817. The first-order chi connectivity index (χ1) is 9.02.